The molecule has 0 spiro atoms. The van der Waals surface area contributed by atoms with E-state index in [2.05, 4.69) is 66.6 Å². The maximum Gasteiger partial charge on any atom is 0.387 e. The maximum absolute atomic E-state index is 12.8. The van der Waals surface area contributed by atoms with Gasteiger partial charge in [-0.25, -0.2) is 4.79 Å². The van der Waals surface area contributed by atoms with Crippen LogP contribution in [0.25, 0.3) is 5.76 Å². The second-order valence-electron chi connectivity index (χ2n) is 5.37. The first-order valence-electron chi connectivity index (χ1n) is 8.43. The molecule has 2 N–H and O–H groups in total. The summed E-state index contributed by atoms with van der Waals surface area (Å²) in [4.78, 5) is 16.9. The third-order valence-electron chi connectivity index (χ3n) is 3.31. The van der Waals surface area contributed by atoms with E-state index in [1.54, 1.807) is 0 Å². The Bertz CT molecular complexity index is 871. The van der Waals surface area contributed by atoms with Gasteiger partial charge >= 0.3 is 12.6 Å². The van der Waals surface area contributed by atoms with E-state index >= 15 is 0 Å². The molecular formula is C20H20Br2F2N2O4. The molecule has 0 aromatic heterocycles. The van der Waals surface area contributed by atoms with Gasteiger partial charge in [-0.15, -0.1) is 13.2 Å². The van der Waals surface area contributed by atoms with E-state index in [1.165, 1.54) is 30.4 Å². The van der Waals surface area contributed by atoms with Crippen molar-refractivity contribution in [2.45, 2.75) is 6.61 Å². The quantitative estimate of drug-likeness (QED) is 0.0993. The third kappa shape index (κ3) is 7.10. The van der Waals surface area contributed by atoms with E-state index in [0.29, 0.717) is 0 Å². The molecule has 0 saturated heterocycles. The van der Waals surface area contributed by atoms with Gasteiger partial charge in [0.2, 0.25) is 0 Å². The molecule has 0 aliphatic rings. The molecule has 0 radical (unpaired) electrons. The summed E-state index contributed by atoms with van der Waals surface area (Å²) >= 11 is 6.25. The minimum absolute atomic E-state index is 0.00418. The average molecular weight is 550 g/mol. The Morgan fingerprint density at radius 3 is 2.50 bits per heavy atom. The van der Waals surface area contributed by atoms with E-state index in [0.717, 1.165) is 0 Å². The van der Waals surface area contributed by atoms with Crippen molar-refractivity contribution in [1.29, 1.82) is 0 Å². The third-order valence-corrected chi connectivity index (χ3v) is 4.73. The van der Waals surface area contributed by atoms with Gasteiger partial charge in [0.05, 0.1) is 15.5 Å². The lowest BCUT2D eigenvalue weighted by Crippen LogP contribution is -2.31. The smallest absolute Gasteiger partial charge is 0.387 e. The number of hydrogen-bond acceptors (Lipinski definition) is 5. The number of aliphatic hydroxyl groups excluding tert-OH is 1. The molecule has 0 saturated carbocycles. The molecule has 1 aromatic rings. The van der Waals surface area contributed by atoms with Crippen molar-refractivity contribution < 1.29 is 28.2 Å². The molecule has 1 aromatic carbocycles. The monoisotopic (exact) mass is 548 g/mol. The molecule has 0 heterocycles. The van der Waals surface area contributed by atoms with Crippen LogP contribution in [-0.2, 0) is 9.53 Å². The van der Waals surface area contributed by atoms with Gasteiger partial charge in [0.1, 0.15) is 23.8 Å². The molecular weight excluding hydrogens is 530 g/mol. The van der Waals surface area contributed by atoms with Gasteiger partial charge in [-0.1, -0.05) is 24.8 Å². The SMILES string of the molecule is C=CCN=C(NCC=C)C(C(=O)OCC=C)=C(O)c1ccc(Br)c(OC(F)F)c1Br. The Hall–Kier alpha value is -2.46. The van der Waals surface area contributed by atoms with Crippen molar-refractivity contribution in [3.05, 3.63) is 70.2 Å². The van der Waals surface area contributed by atoms with Gasteiger partial charge in [0.15, 0.2) is 5.75 Å². The molecule has 0 aliphatic heterocycles. The van der Waals surface area contributed by atoms with Crippen LogP contribution in [0.3, 0.4) is 0 Å². The predicted octanol–water partition coefficient (Wildman–Crippen LogP) is 5.17. The lowest BCUT2D eigenvalue weighted by Gasteiger charge is -2.17. The molecule has 162 valence electrons. The fourth-order valence-corrected chi connectivity index (χ4v) is 3.42. The van der Waals surface area contributed by atoms with Crippen LogP contribution in [0.2, 0.25) is 0 Å². The van der Waals surface area contributed by atoms with E-state index in [9.17, 15) is 18.7 Å². The fraction of sp³-hybridized carbons (Fsp3) is 0.200. The number of nitrogens with zero attached hydrogens (tertiary/aromatic N) is 1. The topological polar surface area (TPSA) is 80.2 Å². The number of ether oxygens (including phenoxy) is 2. The summed E-state index contributed by atoms with van der Waals surface area (Å²) in [6.45, 7) is 7.77. The van der Waals surface area contributed by atoms with Crippen molar-refractivity contribution in [3.63, 3.8) is 0 Å². The Kier molecular flexibility index (Phi) is 11.1. The first-order valence-corrected chi connectivity index (χ1v) is 10.0. The summed E-state index contributed by atoms with van der Waals surface area (Å²) in [5.74, 6) is -1.72. The molecule has 30 heavy (non-hydrogen) atoms. The predicted molar refractivity (Wildman–Crippen MR) is 120 cm³/mol. The van der Waals surface area contributed by atoms with Crippen LogP contribution >= 0.6 is 31.9 Å². The van der Waals surface area contributed by atoms with Gasteiger partial charge < -0.3 is 19.9 Å². The number of nitrogens with one attached hydrogen (secondary N) is 1. The second kappa shape index (κ2) is 13.0. The van der Waals surface area contributed by atoms with Crippen LogP contribution in [0, 0.1) is 0 Å². The lowest BCUT2D eigenvalue weighted by molar-refractivity contribution is -0.137. The molecule has 0 amide bonds. The normalized spacial score (nSPS) is 12.1. The number of halogens is 4. The first kappa shape index (κ1) is 25.6. The van der Waals surface area contributed by atoms with Crippen LogP contribution < -0.4 is 10.1 Å². The summed E-state index contributed by atoms with van der Waals surface area (Å²) < 4.78 is 35.3. The highest BCUT2D eigenvalue weighted by Crippen LogP contribution is 2.40. The Morgan fingerprint density at radius 2 is 1.93 bits per heavy atom. The molecule has 0 atom stereocenters. The molecule has 6 nitrogen and oxygen atoms in total. The van der Waals surface area contributed by atoms with Crippen molar-refractivity contribution >= 4 is 49.4 Å². The Morgan fingerprint density at radius 1 is 1.23 bits per heavy atom. The number of aliphatic hydroxyl groups is 1. The van der Waals surface area contributed by atoms with Crippen LogP contribution in [0.15, 0.2) is 69.6 Å². The Balaban J connectivity index is 3.70. The fourth-order valence-electron chi connectivity index (χ4n) is 2.11. The van der Waals surface area contributed by atoms with Crippen LogP contribution in [0.4, 0.5) is 8.78 Å². The number of alkyl halides is 2. The van der Waals surface area contributed by atoms with E-state index < -0.39 is 18.3 Å². The van der Waals surface area contributed by atoms with Gasteiger partial charge in [-0.3, -0.25) is 4.99 Å². The zero-order chi connectivity index (χ0) is 22.7. The zero-order valence-corrected chi connectivity index (χ0v) is 19.0. The molecule has 0 fully saturated rings. The number of amidine groups is 1. The Labute approximate surface area is 189 Å². The minimum atomic E-state index is -3.10. The molecule has 10 heteroatoms. The van der Waals surface area contributed by atoms with Gasteiger partial charge in [-0.05, 0) is 44.0 Å². The molecule has 0 bridgehead atoms. The lowest BCUT2D eigenvalue weighted by atomic mass is 10.1. The highest BCUT2D eigenvalue weighted by Gasteiger charge is 2.26. The zero-order valence-electron chi connectivity index (χ0n) is 15.8. The number of benzene rings is 1. The number of esters is 1. The van der Waals surface area contributed by atoms with Crippen molar-refractivity contribution in [2.75, 3.05) is 19.7 Å². The summed E-state index contributed by atoms with van der Waals surface area (Å²) in [7, 11) is 0. The number of carbonyl (C=O) groups excluding carboxylic acids is 1. The first-order chi connectivity index (χ1) is 14.3. The molecule has 0 unspecified atom stereocenters. The summed E-state index contributed by atoms with van der Waals surface area (Å²) in [6.07, 6.45) is 4.37. The van der Waals surface area contributed by atoms with E-state index in [4.69, 9.17) is 4.74 Å². The maximum atomic E-state index is 12.8. The van der Waals surface area contributed by atoms with E-state index in [1.807, 2.05) is 0 Å². The largest absolute Gasteiger partial charge is 0.506 e. The molecule has 0 aliphatic carbocycles. The number of rotatable bonds is 11. The number of hydrogen-bond donors (Lipinski definition) is 2. The van der Waals surface area contributed by atoms with Crippen LogP contribution in [0.5, 0.6) is 5.75 Å². The van der Waals surface area contributed by atoms with Crippen LogP contribution in [0.1, 0.15) is 5.56 Å². The highest BCUT2D eigenvalue weighted by molar-refractivity contribution is 9.11. The second-order valence-corrected chi connectivity index (χ2v) is 7.02. The molecule has 1 rings (SSSR count). The number of carbonyl (C=O) groups is 1. The summed E-state index contributed by atoms with van der Waals surface area (Å²) in [5, 5.41) is 13.8. The van der Waals surface area contributed by atoms with Crippen molar-refractivity contribution in [3.8, 4) is 5.75 Å². The minimum Gasteiger partial charge on any atom is -0.506 e. The van der Waals surface area contributed by atoms with Crippen molar-refractivity contribution in [2.24, 2.45) is 4.99 Å². The van der Waals surface area contributed by atoms with Crippen LogP contribution in [-0.4, -0.2) is 43.2 Å². The van der Waals surface area contributed by atoms with Crippen molar-refractivity contribution in [1.82, 2.24) is 5.32 Å². The van der Waals surface area contributed by atoms with Gasteiger partial charge in [-0.2, -0.15) is 8.78 Å². The van der Waals surface area contributed by atoms with Gasteiger partial charge in [0, 0.05) is 12.1 Å². The highest BCUT2D eigenvalue weighted by atomic mass is 79.9. The van der Waals surface area contributed by atoms with E-state index in [-0.39, 0.29) is 51.4 Å². The standard InChI is InChI=1S/C20H20Br2F2N2O4/c1-4-9-25-18(26-10-5-2)14(19(28)29-11-6-3)16(27)12-7-8-13(21)17(15(12)22)30-20(23)24/h4-8,20,27H,1-3,9-11H2,(H,25,26). The average Bonchev–Trinajstić information content (AvgIpc) is 2.70. The summed E-state index contributed by atoms with van der Waals surface area (Å²) in [6, 6.07) is 2.79. The summed E-state index contributed by atoms with van der Waals surface area (Å²) in [5.41, 5.74) is -0.308. The van der Waals surface area contributed by atoms with Gasteiger partial charge in [0.25, 0.3) is 0 Å². The number of aliphatic imine (C=N–C) groups is 1.